The molecule has 1 aliphatic heterocycles. The van der Waals surface area contributed by atoms with Gasteiger partial charge in [0.25, 0.3) is 0 Å². The summed E-state index contributed by atoms with van der Waals surface area (Å²) in [5.74, 6) is -1.76. The van der Waals surface area contributed by atoms with Crippen LogP contribution < -0.4 is 21.5 Å². The average molecular weight is 510 g/mol. The number of amides is 1. The molecule has 3 fully saturated rings. The molecule has 2 aliphatic carbocycles. The van der Waals surface area contributed by atoms with Crippen LogP contribution in [0.15, 0.2) is 4.99 Å². The molecule has 2 saturated carbocycles. The number of ether oxygens (including phenoxy) is 2. The van der Waals surface area contributed by atoms with E-state index in [1.54, 1.807) is 7.11 Å². The van der Waals surface area contributed by atoms with Crippen molar-refractivity contribution in [2.75, 3.05) is 20.8 Å². The number of carbonyl (C=O) groups excluding carboxylic acids is 1. The number of nitrogens with zero attached hydrogens (tertiary/aromatic N) is 1. The molecule has 12 heteroatoms. The maximum absolute atomic E-state index is 14.4. The van der Waals surface area contributed by atoms with Crippen molar-refractivity contribution in [3.05, 3.63) is 0 Å². The molecule has 0 bridgehead atoms. The SMILES string of the molecule is COC[C@H](C)N/C(=N\C1CC(C2CCC(OC)C(F)C2)NN1)NC(=O)C1CCC(C(F)(F)F)CC1. The molecule has 0 aromatic rings. The fraction of sp³-hybridized carbons (Fsp3) is 0.913. The summed E-state index contributed by atoms with van der Waals surface area (Å²) < 4.78 is 63.6. The van der Waals surface area contributed by atoms with Gasteiger partial charge < -0.3 is 14.8 Å². The number of guanidine groups is 1. The molecule has 3 rings (SSSR count). The Labute approximate surface area is 204 Å². The highest BCUT2D eigenvalue weighted by atomic mass is 19.4. The van der Waals surface area contributed by atoms with E-state index in [-0.39, 0.29) is 67.8 Å². The van der Waals surface area contributed by atoms with Gasteiger partial charge in [0.2, 0.25) is 5.91 Å². The van der Waals surface area contributed by atoms with Crippen LogP contribution in [0.25, 0.3) is 0 Å². The first-order valence-electron chi connectivity index (χ1n) is 12.5. The first-order chi connectivity index (χ1) is 16.6. The largest absolute Gasteiger partial charge is 0.391 e. The van der Waals surface area contributed by atoms with Gasteiger partial charge in [0.1, 0.15) is 12.3 Å². The number of hydrogen-bond donors (Lipinski definition) is 4. The maximum atomic E-state index is 14.4. The number of hydrogen-bond acceptors (Lipinski definition) is 6. The van der Waals surface area contributed by atoms with Gasteiger partial charge in [0.05, 0.1) is 18.6 Å². The molecule has 1 saturated heterocycles. The summed E-state index contributed by atoms with van der Waals surface area (Å²) in [6.07, 6.45) is -3.07. The van der Waals surface area contributed by atoms with Gasteiger partial charge in [-0.15, -0.1) is 0 Å². The molecule has 6 atom stereocenters. The molecular formula is C23H39F4N5O3. The lowest BCUT2D eigenvalue weighted by atomic mass is 9.81. The Morgan fingerprint density at radius 3 is 2.40 bits per heavy atom. The Balaban J connectivity index is 1.58. The van der Waals surface area contributed by atoms with E-state index in [1.165, 1.54) is 7.11 Å². The lowest BCUT2D eigenvalue weighted by Crippen LogP contribution is -2.49. The van der Waals surface area contributed by atoms with Crippen LogP contribution >= 0.6 is 0 Å². The lowest BCUT2D eigenvalue weighted by molar-refractivity contribution is -0.184. The van der Waals surface area contributed by atoms with Crippen molar-refractivity contribution in [2.24, 2.45) is 22.7 Å². The Bertz CT molecular complexity index is 718. The van der Waals surface area contributed by atoms with E-state index in [9.17, 15) is 22.4 Å². The van der Waals surface area contributed by atoms with Gasteiger partial charge in [-0.2, -0.15) is 13.2 Å². The third kappa shape index (κ3) is 7.99. The molecule has 35 heavy (non-hydrogen) atoms. The molecule has 0 aromatic heterocycles. The van der Waals surface area contributed by atoms with Crippen LogP contribution in [-0.2, 0) is 14.3 Å². The number of aliphatic imine (C=N–C) groups is 1. The van der Waals surface area contributed by atoms with Crippen LogP contribution in [0.1, 0.15) is 58.3 Å². The summed E-state index contributed by atoms with van der Waals surface area (Å²) in [4.78, 5) is 17.5. The number of halogens is 4. The molecule has 1 heterocycles. The van der Waals surface area contributed by atoms with Gasteiger partial charge in [-0.1, -0.05) is 0 Å². The number of alkyl halides is 4. The fourth-order valence-electron chi connectivity index (χ4n) is 5.39. The summed E-state index contributed by atoms with van der Waals surface area (Å²) in [6, 6.07) is -0.118. The van der Waals surface area contributed by atoms with Crippen molar-refractivity contribution in [3.8, 4) is 0 Å². The highest BCUT2D eigenvalue weighted by Gasteiger charge is 2.43. The van der Waals surface area contributed by atoms with E-state index >= 15 is 0 Å². The van der Waals surface area contributed by atoms with Gasteiger partial charge in [0, 0.05) is 38.6 Å². The summed E-state index contributed by atoms with van der Waals surface area (Å²) in [7, 11) is 3.10. The first kappa shape index (κ1) is 28.1. The van der Waals surface area contributed by atoms with Crippen LogP contribution in [0.3, 0.4) is 0 Å². The monoisotopic (exact) mass is 509 g/mol. The number of carbonyl (C=O) groups is 1. The number of methoxy groups -OCH3 is 2. The van der Waals surface area contributed by atoms with Crippen LogP contribution in [0.2, 0.25) is 0 Å². The van der Waals surface area contributed by atoms with Crippen molar-refractivity contribution in [3.63, 3.8) is 0 Å². The van der Waals surface area contributed by atoms with E-state index in [4.69, 9.17) is 9.47 Å². The van der Waals surface area contributed by atoms with Crippen molar-refractivity contribution in [2.45, 2.75) is 95.0 Å². The Morgan fingerprint density at radius 2 is 1.80 bits per heavy atom. The minimum atomic E-state index is -4.21. The number of nitrogens with one attached hydrogen (secondary N) is 4. The molecular weight excluding hydrogens is 470 g/mol. The van der Waals surface area contributed by atoms with Crippen LogP contribution in [0.5, 0.6) is 0 Å². The van der Waals surface area contributed by atoms with E-state index < -0.39 is 24.2 Å². The van der Waals surface area contributed by atoms with Crippen molar-refractivity contribution >= 4 is 11.9 Å². The van der Waals surface area contributed by atoms with Crippen LogP contribution in [-0.4, -0.2) is 69.4 Å². The highest BCUT2D eigenvalue weighted by Crippen LogP contribution is 2.39. The predicted molar refractivity (Wildman–Crippen MR) is 123 cm³/mol. The topological polar surface area (TPSA) is 96.0 Å². The van der Waals surface area contributed by atoms with Gasteiger partial charge in [-0.05, 0) is 57.8 Å². The van der Waals surface area contributed by atoms with E-state index in [0.29, 0.717) is 25.9 Å². The standard InChI is InChI=1S/C23H39F4N5O3/c1-13(12-34-2)28-22(30-21(33)14-4-7-16(8-5-14)23(25,26)27)29-20-11-18(31-32-20)15-6-9-19(35-3)17(24)10-15/h13-20,31-32H,4-12H2,1-3H3,(H2,28,29,30,33)/t13-,14?,15?,16?,17?,18?,19?,20?/m0/s1. The second-order valence-corrected chi connectivity index (χ2v) is 10.1. The van der Waals surface area contributed by atoms with Gasteiger partial charge in [-0.3, -0.25) is 15.5 Å². The van der Waals surface area contributed by atoms with Gasteiger partial charge in [0.15, 0.2) is 5.96 Å². The predicted octanol–water partition coefficient (Wildman–Crippen LogP) is 2.80. The summed E-state index contributed by atoms with van der Waals surface area (Å²) in [5.41, 5.74) is 6.33. The van der Waals surface area contributed by atoms with Crippen molar-refractivity contribution < 1.29 is 31.8 Å². The van der Waals surface area contributed by atoms with Crippen LogP contribution in [0.4, 0.5) is 17.6 Å². The number of rotatable bonds is 7. The first-order valence-corrected chi connectivity index (χ1v) is 12.5. The van der Waals surface area contributed by atoms with Crippen molar-refractivity contribution in [1.29, 1.82) is 0 Å². The summed E-state index contributed by atoms with van der Waals surface area (Å²) in [5, 5.41) is 5.92. The molecule has 5 unspecified atom stereocenters. The van der Waals surface area contributed by atoms with E-state index in [2.05, 4.69) is 26.5 Å². The molecule has 202 valence electrons. The third-order valence-electron chi connectivity index (χ3n) is 7.42. The molecule has 1 amide bonds. The quantitative estimate of drug-likeness (QED) is 0.240. The fourth-order valence-corrected chi connectivity index (χ4v) is 5.39. The molecule has 3 aliphatic rings. The van der Waals surface area contributed by atoms with E-state index in [1.807, 2.05) is 6.92 Å². The molecule has 0 aromatic carbocycles. The number of hydrazine groups is 1. The Morgan fingerprint density at radius 1 is 1.09 bits per heavy atom. The minimum Gasteiger partial charge on any atom is -0.383 e. The smallest absolute Gasteiger partial charge is 0.383 e. The summed E-state index contributed by atoms with van der Waals surface area (Å²) in [6.45, 7) is 2.25. The van der Waals surface area contributed by atoms with Crippen LogP contribution in [0, 0.1) is 17.8 Å². The Kier molecular flexibility index (Phi) is 10.1. The second-order valence-electron chi connectivity index (χ2n) is 10.1. The zero-order valence-corrected chi connectivity index (χ0v) is 20.7. The third-order valence-corrected chi connectivity index (χ3v) is 7.42. The average Bonchev–Trinajstić information content (AvgIpc) is 3.27. The highest BCUT2D eigenvalue weighted by molar-refractivity contribution is 5.98. The van der Waals surface area contributed by atoms with Gasteiger partial charge in [-0.25, -0.2) is 14.8 Å². The zero-order chi connectivity index (χ0) is 25.6. The normalized spacial score (nSPS) is 35.5. The molecule has 0 spiro atoms. The van der Waals surface area contributed by atoms with Gasteiger partial charge >= 0.3 is 6.18 Å². The second kappa shape index (κ2) is 12.6. The molecule has 0 radical (unpaired) electrons. The van der Waals surface area contributed by atoms with Crippen molar-refractivity contribution in [1.82, 2.24) is 21.5 Å². The zero-order valence-electron chi connectivity index (χ0n) is 20.7. The summed E-state index contributed by atoms with van der Waals surface area (Å²) >= 11 is 0. The minimum absolute atomic E-state index is 0.0332. The molecule has 4 N–H and O–H groups in total. The molecule has 8 nitrogen and oxygen atoms in total. The Hall–Kier alpha value is -1.50. The maximum Gasteiger partial charge on any atom is 0.391 e. The van der Waals surface area contributed by atoms with E-state index in [0.717, 1.165) is 6.42 Å². The lowest BCUT2D eigenvalue weighted by Gasteiger charge is -2.33.